The summed E-state index contributed by atoms with van der Waals surface area (Å²) < 4.78 is 5.57. The maximum Gasteiger partial charge on any atom is 0.335 e. The van der Waals surface area contributed by atoms with Gasteiger partial charge in [0.25, 0.3) is 0 Å². The molecule has 126 valence electrons. The van der Waals surface area contributed by atoms with Crippen LogP contribution in [-0.2, 0) is 11.2 Å². The number of aromatic carboxylic acids is 1. The molecule has 1 amide bonds. The molecule has 2 aromatic carbocycles. The molecule has 0 saturated heterocycles. The van der Waals surface area contributed by atoms with Crippen LogP contribution in [0.3, 0.4) is 0 Å². The summed E-state index contributed by atoms with van der Waals surface area (Å²) in [5.74, 6) is -0.208. The van der Waals surface area contributed by atoms with Crippen molar-refractivity contribution in [1.29, 1.82) is 0 Å². The summed E-state index contributed by atoms with van der Waals surface area (Å²) in [6, 6.07) is 14.3. The topological polar surface area (TPSA) is 75.6 Å². The quantitative estimate of drug-likeness (QED) is 0.731. The molecule has 0 aromatic heterocycles. The van der Waals surface area contributed by atoms with Gasteiger partial charge < -0.3 is 15.2 Å². The van der Waals surface area contributed by atoms with E-state index in [0.717, 1.165) is 16.9 Å². The number of aryl methyl sites for hydroxylation is 2. The highest BCUT2D eigenvalue weighted by Gasteiger charge is 2.04. The van der Waals surface area contributed by atoms with E-state index in [1.165, 1.54) is 0 Å². The fourth-order valence-electron chi connectivity index (χ4n) is 2.22. The Morgan fingerprint density at radius 1 is 1.12 bits per heavy atom. The largest absolute Gasteiger partial charge is 0.492 e. The fraction of sp³-hybridized carbons (Fsp3) is 0.263. The smallest absolute Gasteiger partial charge is 0.335 e. The van der Waals surface area contributed by atoms with E-state index >= 15 is 0 Å². The number of amides is 1. The van der Waals surface area contributed by atoms with Crippen LogP contribution in [0, 0.1) is 6.92 Å². The van der Waals surface area contributed by atoms with Crippen molar-refractivity contribution in [2.24, 2.45) is 0 Å². The molecule has 24 heavy (non-hydrogen) atoms. The number of rotatable bonds is 8. The van der Waals surface area contributed by atoms with Gasteiger partial charge in [-0.25, -0.2) is 4.79 Å². The molecule has 2 rings (SSSR count). The van der Waals surface area contributed by atoms with E-state index in [1.807, 2.05) is 31.2 Å². The first kappa shape index (κ1) is 17.5. The van der Waals surface area contributed by atoms with E-state index in [1.54, 1.807) is 24.3 Å². The van der Waals surface area contributed by atoms with Crippen molar-refractivity contribution in [3.63, 3.8) is 0 Å². The normalized spacial score (nSPS) is 10.2. The molecular weight excluding hydrogens is 306 g/mol. The SMILES string of the molecule is Cc1cccc(OCCNC(=O)CCc2ccc(C(=O)O)cc2)c1. The number of carboxylic acid groups (broad SMARTS) is 1. The molecule has 0 aliphatic carbocycles. The first-order chi connectivity index (χ1) is 11.5. The Labute approximate surface area is 141 Å². The Bertz CT molecular complexity index is 695. The standard InChI is InChI=1S/C19H21NO4/c1-14-3-2-4-17(13-14)24-12-11-20-18(21)10-7-15-5-8-16(9-6-15)19(22)23/h2-6,8-9,13H,7,10-12H2,1H3,(H,20,21)(H,22,23). The van der Waals surface area contributed by atoms with Crippen LogP contribution >= 0.6 is 0 Å². The van der Waals surface area contributed by atoms with Gasteiger partial charge in [0, 0.05) is 6.42 Å². The van der Waals surface area contributed by atoms with Crippen LogP contribution in [0.1, 0.15) is 27.9 Å². The highest BCUT2D eigenvalue weighted by atomic mass is 16.5. The first-order valence-corrected chi connectivity index (χ1v) is 7.83. The number of nitrogens with one attached hydrogen (secondary N) is 1. The van der Waals surface area contributed by atoms with Gasteiger partial charge in [-0.15, -0.1) is 0 Å². The fourth-order valence-corrected chi connectivity index (χ4v) is 2.22. The molecule has 0 spiro atoms. The van der Waals surface area contributed by atoms with Crippen molar-refractivity contribution >= 4 is 11.9 Å². The number of hydrogen-bond acceptors (Lipinski definition) is 3. The van der Waals surface area contributed by atoms with E-state index in [4.69, 9.17) is 9.84 Å². The van der Waals surface area contributed by atoms with Crippen molar-refractivity contribution in [2.75, 3.05) is 13.2 Å². The van der Waals surface area contributed by atoms with Crippen molar-refractivity contribution in [2.45, 2.75) is 19.8 Å². The lowest BCUT2D eigenvalue weighted by Crippen LogP contribution is -2.28. The molecule has 0 bridgehead atoms. The number of carbonyl (C=O) groups is 2. The van der Waals surface area contributed by atoms with Crippen LogP contribution in [0.4, 0.5) is 0 Å². The number of ether oxygens (including phenoxy) is 1. The molecule has 5 heteroatoms. The molecule has 2 N–H and O–H groups in total. The number of hydrogen-bond donors (Lipinski definition) is 2. The van der Waals surface area contributed by atoms with Gasteiger partial charge >= 0.3 is 5.97 Å². The van der Waals surface area contributed by atoms with Crippen LogP contribution in [0.25, 0.3) is 0 Å². The molecular formula is C19H21NO4. The Kier molecular flexibility index (Phi) is 6.37. The van der Waals surface area contributed by atoms with Crippen LogP contribution in [0.5, 0.6) is 5.75 Å². The van der Waals surface area contributed by atoms with Crippen LogP contribution in [0.2, 0.25) is 0 Å². The third-order valence-corrected chi connectivity index (χ3v) is 3.52. The monoisotopic (exact) mass is 327 g/mol. The third-order valence-electron chi connectivity index (χ3n) is 3.52. The predicted octanol–water partition coefficient (Wildman–Crippen LogP) is 2.82. The Balaban J connectivity index is 1.65. The molecule has 2 aromatic rings. The molecule has 0 radical (unpaired) electrons. The maximum absolute atomic E-state index is 11.8. The summed E-state index contributed by atoms with van der Waals surface area (Å²) in [4.78, 5) is 22.6. The minimum absolute atomic E-state index is 0.0508. The maximum atomic E-state index is 11.8. The van der Waals surface area contributed by atoms with Gasteiger partial charge in [0.15, 0.2) is 0 Å². The Hall–Kier alpha value is -2.82. The van der Waals surface area contributed by atoms with E-state index in [0.29, 0.717) is 26.0 Å². The van der Waals surface area contributed by atoms with Gasteiger partial charge in [0.05, 0.1) is 12.1 Å². The zero-order valence-corrected chi connectivity index (χ0v) is 13.6. The van der Waals surface area contributed by atoms with Gasteiger partial charge in [-0.05, 0) is 48.7 Å². The summed E-state index contributed by atoms with van der Waals surface area (Å²) in [7, 11) is 0. The Morgan fingerprint density at radius 2 is 1.88 bits per heavy atom. The molecule has 0 aliphatic rings. The van der Waals surface area contributed by atoms with Crippen molar-refractivity contribution < 1.29 is 19.4 Å². The summed E-state index contributed by atoms with van der Waals surface area (Å²) in [6.07, 6.45) is 0.932. The summed E-state index contributed by atoms with van der Waals surface area (Å²) in [6.45, 7) is 2.87. The van der Waals surface area contributed by atoms with Crippen LogP contribution in [-0.4, -0.2) is 30.1 Å². The van der Waals surface area contributed by atoms with Gasteiger partial charge in [-0.2, -0.15) is 0 Å². The molecule has 0 saturated carbocycles. The van der Waals surface area contributed by atoms with Gasteiger partial charge in [0.1, 0.15) is 12.4 Å². The average molecular weight is 327 g/mol. The second kappa shape index (κ2) is 8.72. The highest BCUT2D eigenvalue weighted by Crippen LogP contribution is 2.11. The zero-order chi connectivity index (χ0) is 17.4. The van der Waals surface area contributed by atoms with Gasteiger partial charge in [0.2, 0.25) is 5.91 Å². The first-order valence-electron chi connectivity index (χ1n) is 7.83. The van der Waals surface area contributed by atoms with E-state index in [9.17, 15) is 9.59 Å². The lowest BCUT2D eigenvalue weighted by Gasteiger charge is -2.08. The lowest BCUT2D eigenvalue weighted by molar-refractivity contribution is -0.121. The summed E-state index contributed by atoms with van der Waals surface area (Å²) in [5, 5.41) is 11.6. The van der Waals surface area contributed by atoms with Crippen LogP contribution in [0.15, 0.2) is 48.5 Å². The number of carbonyl (C=O) groups excluding carboxylic acids is 1. The molecule has 0 unspecified atom stereocenters. The number of benzene rings is 2. The molecule has 0 aliphatic heterocycles. The molecule has 0 fully saturated rings. The van der Waals surface area contributed by atoms with E-state index in [2.05, 4.69) is 5.32 Å². The molecule has 0 atom stereocenters. The summed E-state index contributed by atoms with van der Waals surface area (Å²) >= 11 is 0. The minimum atomic E-state index is -0.951. The third kappa shape index (κ3) is 5.76. The average Bonchev–Trinajstić information content (AvgIpc) is 2.57. The summed E-state index contributed by atoms with van der Waals surface area (Å²) in [5.41, 5.74) is 2.31. The Morgan fingerprint density at radius 3 is 2.54 bits per heavy atom. The second-order valence-corrected chi connectivity index (χ2v) is 5.52. The van der Waals surface area contributed by atoms with Gasteiger partial charge in [-0.1, -0.05) is 24.3 Å². The number of carboxylic acids is 1. The zero-order valence-electron chi connectivity index (χ0n) is 13.6. The van der Waals surface area contributed by atoms with Crippen molar-refractivity contribution in [3.8, 4) is 5.75 Å². The van der Waals surface area contributed by atoms with Gasteiger partial charge in [-0.3, -0.25) is 4.79 Å². The molecule has 0 heterocycles. The van der Waals surface area contributed by atoms with E-state index in [-0.39, 0.29) is 11.5 Å². The highest BCUT2D eigenvalue weighted by molar-refractivity contribution is 5.87. The van der Waals surface area contributed by atoms with Crippen molar-refractivity contribution in [1.82, 2.24) is 5.32 Å². The molecule has 5 nitrogen and oxygen atoms in total. The predicted molar refractivity (Wildman–Crippen MR) is 91.4 cm³/mol. The minimum Gasteiger partial charge on any atom is -0.492 e. The van der Waals surface area contributed by atoms with Crippen LogP contribution < -0.4 is 10.1 Å². The van der Waals surface area contributed by atoms with E-state index < -0.39 is 5.97 Å². The lowest BCUT2D eigenvalue weighted by atomic mass is 10.1. The second-order valence-electron chi connectivity index (χ2n) is 5.52. The van der Waals surface area contributed by atoms with Crippen molar-refractivity contribution in [3.05, 3.63) is 65.2 Å².